The maximum atomic E-state index is 2.56. The number of benzene rings is 4. The molecule has 0 saturated heterocycles. The summed E-state index contributed by atoms with van der Waals surface area (Å²) in [5, 5.41) is 13.1. The number of rotatable bonds is 4. The highest BCUT2D eigenvalue weighted by molar-refractivity contribution is 7.32. The van der Waals surface area contributed by atoms with E-state index in [0.717, 1.165) is 16.6 Å². The summed E-state index contributed by atoms with van der Waals surface area (Å²) in [5.74, 6) is 0. The number of fused-ring (bicyclic) bond motifs is 7. The van der Waals surface area contributed by atoms with Gasteiger partial charge in [0, 0.05) is 9.40 Å². The summed E-state index contributed by atoms with van der Waals surface area (Å²) in [6.07, 6.45) is 0. The number of hydrogen-bond acceptors (Lipinski definition) is 2. The van der Waals surface area contributed by atoms with Crippen molar-refractivity contribution in [2.45, 2.75) is 58.2 Å². The second-order valence-corrected chi connectivity index (χ2v) is 19.1. The van der Waals surface area contributed by atoms with Crippen LogP contribution in [0.4, 0.5) is 0 Å². The molecule has 34 heavy (non-hydrogen) atoms. The van der Waals surface area contributed by atoms with Gasteiger partial charge in [-0.2, -0.15) is 0 Å². The molecule has 0 saturated carbocycles. The van der Waals surface area contributed by atoms with Crippen molar-refractivity contribution in [3.63, 3.8) is 0 Å². The molecule has 0 amide bonds. The van der Waals surface area contributed by atoms with E-state index in [9.17, 15) is 0 Å². The molecular formula is C31H32S2Si. The average molecular weight is 497 g/mol. The highest BCUT2D eigenvalue weighted by Crippen LogP contribution is 2.44. The predicted octanol–water partition coefficient (Wildman–Crippen LogP) is 10.5. The Labute approximate surface area is 211 Å². The Kier molecular flexibility index (Phi) is 5.18. The first-order valence-electron chi connectivity index (χ1n) is 12.5. The minimum absolute atomic E-state index is 0.733. The van der Waals surface area contributed by atoms with Crippen LogP contribution in [-0.2, 0) is 0 Å². The second-order valence-electron chi connectivity index (χ2n) is 10.9. The molecule has 0 spiro atoms. The normalized spacial score (nSPS) is 13.2. The van der Waals surface area contributed by atoms with Crippen LogP contribution in [0.25, 0.3) is 52.5 Å². The Morgan fingerprint density at radius 3 is 1.68 bits per heavy atom. The van der Waals surface area contributed by atoms with Gasteiger partial charge in [0.15, 0.2) is 0 Å². The van der Waals surface area contributed by atoms with E-state index in [-0.39, 0.29) is 0 Å². The molecular weight excluding hydrogens is 465 g/mol. The molecule has 2 heterocycles. The highest BCUT2D eigenvalue weighted by atomic mass is 32.1. The van der Waals surface area contributed by atoms with Crippen LogP contribution in [0.15, 0.2) is 66.0 Å². The van der Waals surface area contributed by atoms with Crippen LogP contribution in [-0.4, -0.2) is 8.07 Å². The highest BCUT2D eigenvalue weighted by Gasteiger charge is 2.45. The van der Waals surface area contributed by atoms with E-state index in [4.69, 9.17) is 0 Å². The average Bonchev–Trinajstić information content (AvgIpc) is 3.41. The van der Waals surface area contributed by atoms with E-state index in [1.807, 2.05) is 11.3 Å². The quantitative estimate of drug-likeness (QED) is 0.168. The molecule has 0 bridgehead atoms. The molecule has 0 fully saturated rings. The third kappa shape index (κ3) is 3.06. The molecule has 0 aliphatic carbocycles. The summed E-state index contributed by atoms with van der Waals surface area (Å²) in [5.41, 5.74) is 2.20. The van der Waals surface area contributed by atoms with Crippen LogP contribution in [0.2, 0.25) is 16.6 Å². The minimum Gasteiger partial charge on any atom is -0.145 e. The SMILES string of the molecule is CC(C)[Si](c1cc2cc3ccc4c5cc6sccc6cc5ccc4c3cc2s1)(C(C)C)C(C)C. The lowest BCUT2D eigenvalue weighted by molar-refractivity contribution is 0.837. The molecule has 0 aliphatic rings. The van der Waals surface area contributed by atoms with E-state index in [2.05, 4.69) is 119 Å². The summed E-state index contributed by atoms with van der Waals surface area (Å²) in [7, 11) is -1.65. The first kappa shape index (κ1) is 22.3. The van der Waals surface area contributed by atoms with Crippen molar-refractivity contribution >= 4 is 87.7 Å². The maximum absolute atomic E-state index is 2.56. The lowest BCUT2D eigenvalue weighted by Gasteiger charge is -2.42. The Morgan fingerprint density at radius 1 is 0.529 bits per heavy atom. The molecule has 6 rings (SSSR count). The summed E-state index contributed by atoms with van der Waals surface area (Å²) < 4.78 is 4.51. The zero-order valence-corrected chi connectivity index (χ0v) is 23.5. The summed E-state index contributed by atoms with van der Waals surface area (Å²) in [6, 6.07) is 23.8. The van der Waals surface area contributed by atoms with Gasteiger partial charge in [0.1, 0.15) is 8.07 Å². The van der Waals surface area contributed by atoms with Crippen LogP contribution >= 0.6 is 22.7 Å². The fourth-order valence-electron chi connectivity index (χ4n) is 6.94. The van der Waals surface area contributed by atoms with Crippen LogP contribution in [0.1, 0.15) is 41.5 Å². The fourth-order valence-corrected chi connectivity index (χ4v) is 17.9. The summed E-state index contributed by atoms with van der Waals surface area (Å²) in [6.45, 7) is 14.8. The first-order valence-corrected chi connectivity index (χ1v) is 16.4. The first-order chi connectivity index (χ1) is 16.3. The molecule has 0 nitrogen and oxygen atoms in total. The van der Waals surface area contributed by atoms with E-state index in [0.29, 0.717) is 0 Å². The lowest BCUT2D eigenvalue weighted by Crippen LogP contribution is -2.54. The number of hydrogen-bond donors (Lipinski definition) is 0. The standard InChI is InChI=1S/C31H32S2Si/c1-18(2)34(19(3)4,20(5)6)31-15-24-14-22-8-10-25-26(28(22)17-30(24)33-31)9-7-21-13-23-11-12-32-29(23)16-27(21)25/h7-20H,1-6H3. The van der Waals surface area contributed by atoms with Crippen molar-refractivity contribution in [2.75, 3.05) is 0 Å². The topological polar surface area (TPSA) is 0 Å². The molecule has 4 aromatic carbocycles. The predicted molar refractivity (Wildman–Crippen MR) is 160 cm³/mol. The van der Waals surface area contributed by atoms with Gasteiger partial charge < -0.3 is 0 Å². The zero-order valence-electron chi connectivity index (χ0n) is 20.9. The molecule has 0 atom stereocenters. The zero-order chi connectivity index (χ0) is 23.8. The Hall–Kier alpha value is -2.20. The molecule has 6 aromatic rings. The minimum atomic E-state index is -1.65. The fraction of sp³-hybridized carbons (Fsp3) is 0.290. The van der Waals surface area contributed by atoms with Crippen molar-refractivity contribution in [1.29, 1.82) is 0 Å². The molecule has 0 unspecified atom stereocenters. The largest absolute Gasteiger partial charge is 0.145 e. The Morgan fingerprint density at radius 2 is 1.09 bits per heavy atom. The molecule has 0 N–H and O–H groups in total. The van der Waals surface area contributed by atoms with Gasteiger partial charge in [0.2, 0.25) is 0 Å². The van der Waals surface area contributed by atoms with Gasteiger partial charge in [0.25, 0.3) is 0 Å². The van der Waals surface area contributed by atoms with Gasteiger partial charge in [-0.25, -0.2) is 0 Å². The van der Waals surface area contributed by atoms with Gasteiger partial charge in [0.05, 0.1) is 0 Å². The molecule has 0 aliphatic heterocycles. The van der Waals surface area contributed by atoms with E-state index in [1.165, 1.54) is 52.5 Å². The number of thiophene rings is 2. The Bertz CT molecular complexity index is 1680. The van der Waals surface area contributed by atoms with Gasteiger partial charge in [-0.05, 0) is 106 Å². The van der Waals surface area contributed by atoms with Crippen molar-refractivity contribution in [3.05, 3.63) is 66.0 Å². The molecule has 3 heteroatoms. The van der Waals surface area contributed by atoms with Gasteiger partial charge in [-0.1, -0.05) is 65.8 Å². The molecule has 2 aromatic heterocycles. The summed E-state index contributed by atoms with van der Waals surface area (Å²) in [4.78, 5) is 0. The monoisotopic (exact) mass is 496 g/mol. The van der Waals surface area contributed by atoms with E-state index < -0.39 is 8.07 Å². The van der Waals surface area contributed by atoms with Crippen molar-refractivity contribution in [3.8, 4) is 0 Å². The van der Waals surface area contributed by atoms with Crippen molar-refractivity contribution in [2.24, 2.45) is 0 Å². The van der Waals surface area contributed by atoms with Crippen LogP contribution < -0.4 is 4.50 Å². The maximum Gasteiger partial charge on any atom is 0.107 e. The lowest BCUT2D eigenvalue weighted by atomic mass is 9.96. The molecule has 0 radical (unpaired) electrons. The van der Waals surface area contributed by atoms with Crippen LogP contribution in [0.3, 0.4) is 0 Å². The smallest absolute Gasteiger partial charge is 0.107 e. The Balaban J connectivity index is 1.63. The van der Waals surface area contributed by atoms with Crippen molar-refractivity contribution in [1.82, 2.24) is 0 Å². The van der Waals surface area contributed by atoms with Crippen LogP contribution in [0.5, 0.6) is 0 Å². The third-order valence-corrected chi connectivity index (χ3v) is 18.2. The van der Waals surface area contributed by atoms with Gasteiger partial charge >= 0.3 is 0 Å². The summed E-state index contributed by atoms with van der Waals surface area (Å²) >= 11 is 3.92. The third-order valence-electron chi connectivity index (χ3n) is 8.34. The van der Waals surface area contributed by atoms with Crippen LogP contribution in [0, 0.1) is 0 Å². The van der Waals surface area contributed by atoms with Crippen molar-refractivity contribution < 1.29 is 0 Å². The van der Waals surface area contributed by atoms with Gasteiger partial charge in [-0.15, -0.1) is 22.7 Å². The van der Waals surface area contributed by atoms with E-state index >= 15 is 0 Å². The molecule has 172 valence electrons. The van der Waals surface area contributed by atoms with E-state index in [1.54, 1.807) is 4.50 Å². The van der Waals surface area contributed by atoms with Gasteiger partial charge in [-0.3, -0.25) is 0 Å². The second kappa shape index (κ2) is 7.91.